The Morgan fingerprint density at radius 2 is 1.78 bits per heavy atom. The molecule has 1 unspecified atom stereocenters. The van der Waals surface area contributed by atoms with Crippen molar-refractivity contribution in [3.05, 3.63) is 35.9 Å². The van der Waals surface area contributed by atoms with Crippen LogP contribution in [-0.4, -0.2) is 48.4 Å². The van der Waals surface area contributed by atoms with Gasteiger partial charge in [0.1, 0.15) is 0 Å². The van der Waals surface area contributed by atoms with Gasteiger partial charge >= 0.3 is 0 Å². The normalized spacial score (nSPS) is 18.7. The van der Waals surface area contributed by atoms with Crippen LogP contribution < -0.4 is 0 Å². The Bertz CT molecular complexity index is 383. The molecule has 0 aliphatic carbocycles. The van der Waals surface area contributed by atoms with Crippen molar-refractivity contribution in [1.29, 1.82) is 0 Å². The summed E-state index contributed by atoms with van der Waals surface area (Å²) in [6.45, 7) is 8.74. The second-order valence-corrected chi connectivity index (χ2v) is 5.12. The third-order valence-electron chi connectivity index (χ3n) is 3.72. The van der Waals surface area contributed by atoms with Gasteiger partial charge in [-0.15, -0.1) is 0 Å². The van der Waals surface area contributed by atoms with E-state index in [0.717, 1.165) is 32.7 Å². The highest BCUT2D eigenvalue weighted by molar-refractivity contribution is 5.73. The lowest BCUT2D eigenvalue weighted by Crippen LogP contribution is -2.48. The van der Waals surface area contributed by atoms with Gasteiger partial charge in [0.05, 0.1) is 0 Å². The molecule has 98 valence electrons. The Balaban J connectivity index is 1.83. The first kappa shape index (κ1) is 13.1. The fourth-order valence-electron chi connectivity index (χ4n) is 2.52. The molecule has 1 atom stereocenters. The summed E-state index contributed by atoms with van der Waals surface area (Å²) >= 11 is 0. The quantitative estimate of drug-likeness (QED) is 0.814. The second kappa shape index (κ2) is 6.01. The Labute approximate surface area is 109 Å². The maximum absolute atomic E-state index is 11.3. The largest absolute Gasteiger partial charge is 0.340 e. The summed E-state index contributed by atoms with van der Waals surface area (Å²) < 4.78 is 0. The number of rotatable bonds is 3. The Morgan fingerprint density at radius 1 is 1.17 bits per heavy atom. The molecule has 0 bridgehead atoms. The molecule has 1 amide bonds. The van der Waals surface area contributed by atoms with Gasteiger partial charge in [0.15, 0.2) is 0 Å². The summed E-state index contributed by atoms with van der Waals surface area (Å²) in [5.41, 5.74) is 1.39. The summed E-state index contributed by atoms with van der Waals surface area (Å²) in [6, 6.07) is 10.6. The Morgan fingerprint density at radius 3 is 2.33 bits per heavy atom. The molecule has 0 spiro atoms. The highest BCUT2D eigenvalue weighted by Crippen LogP contribution is 2.16. The maximum atomic E-state index is 11.3. The van der Waals surface area contributed by atoms with E-state index in [-0.39, 0.29) is 5.91 Å². The smallest absolute Gasteiger partial charge is 0.219 e. The molecule has 1 heterocycles. The third-order valence-corrected chi connectivity index (χ3v) is 3.72. The van der Waals surface area contributed by atoms with E-state index in [2.05, 4.69) is 42.2 Å². The first-order valence-corrected chi connectivity index (χ1v) is 6.69. The van der Waals surface area contributed by atoms with E-state index in [1.165, 1.54) is 5.56 Å². The van der Waals surface area contributed by atoms with E-state index in [1.54, 1.807) is 6.92 Å². The second-order valence-electron chi connectivity index (χ2n) is 5.12. The Hall–Kier alpha value is -1.35. The molecule has 3 nitrogen and oxygen atoms in total. The number of hydrogen-bond acceptors (Lipinski definition) is 2. The molecule has 2 rings (SSSR count). The fourth-order valence-corrected chi connectivity index (χ4v) is 2.52. The zero-order valence-electron chi connectivity index (χ0n) is 11.3. The molecule has 1 aromatic rings. The Kier molecular flexibility index (Phi) is 4.37. The number of hydrogen-bond donors (Lipinski definition) is 0. The highest BCUT2D eigenvalue weighted by Gasteiger charge is 2.20. The molecule has 0 saturated carbocycles. The number of amides is 1. The van der Waals surface area contributed by atoms with Crippen molar-refractivity contribution in [2.75, 3.05) is 32.7 Å². The summed E-state index contributed by atoms with van der Waals surface area (Å²) in [5.74, 6) is 0.751. The van der Waals surface area contributed by atoms with Crippen molar-refractivity contribution in [3.8, 4) is 0 Å². The van der Waals surface area contributed by atoms with Crippen LogP contribution in [0.2, 0.25) is 0 Å². The van der Waals surface area contributed by atoms with Gasteiger partial charge in [-0.3, -0.25) is 9.69 Å². The van der Waals surface area contributed by atoms with Crippen molar-refractivity contribution >= 4 is 5.91 Å². The SMILES string of the molecule is CC(=O)N1CCN(CC(C)c2ccccc2)CC1. The lowest BCUT2D eigenvalue weighted by atomic mass is 10.0. The molecule has 18 heavy (non-hydrogen) atoms. The van der Waals surface area contributed by atoms with Gasteiger partial charge in [0.25, 0.3) is 0 Å². The first-order valence-electron chi connectivity index (χ1n) is 6.69. The molecule has 1 fully saturated rings. The standard InChI is InChI=1S/C15H22N2O/c1-13(15-6-4-3-5-7-15)12-16-8-10-17(11-9-16)14(2)18/h3-7,13H,8-12H2,1-2H3. The molecular formula is C15H22N2O. The van der Waals surface area contributed by atoms with Crippen LogP contribution in [0.1, 0.15) is 25.3 Å². The molecule has 1 saturated heterocycles. The number of benzene rings is 1. The van der Waals surface area contributed by atoms with Crippen molar-refractivity contribution < 1.29 is 4.79 Å². The zero-order chi connectivity index (χ0) is 13.0. The summed E-state index contributed by atoms with van der Waals surface area (Å²) in [5, 5.41) is 0. The topological polar surface area (TPSA) is 23.6 Å². The van der Waals surface area contributed by atoms with Crippen LogP contribution in [0.25, 0.3) is 0 Å². The minimum Gasteiger partial charge on any atom is -0.340 e. The van der Waals surface area contributed by atoms with E-state index in [9.17, 15) is 4.79 Å². The number of carbonyl (C=O) groups is 1. The van der Waals surface area contributed by atoms with E-state index in [4.69, 9.17) is 0 Å². The average molecular weight is 246 g/mol. The van der Waals surface area contributed by atoms with Crippen LogP contribution >= 0.6 is 0 Å². The predicted octanol–water partition coefficient (Wildman–Crippen LogP) is 1.95. The van der Waals surface area contributed by atoms with Crippen LogP contribution in [0.5, 0.6) is 0 Å². The van der Waals surface area contributed by atoms with Gasteiger partial charge in [0, 0.05) is 39.6 Å². The molecule has 1 aliphatic rings. The lowest BCUT2D eigenvalue weighted by Gasteiger charge is -2.35. The van der Waals surface area contributed by atoms with Crippen molar-refractivity contribution in [2.45, 2.75) is 19.8 Å². The molecule has 0 N–H and O–H groups in total. The van der Waals surface area contributed by atoms with Gasteiger partial charge in [-0.1, -0.05) is 37.3 Å². The van der Waals surface area contributed by atoms with Gasteiger partial charge in [0.2, 0.25) is 5.91 Å². The van der Waals surface area contributed by atoms with Gasteiger partial charge < -0.3 is 4.90 Å². The summed E-state index contributed by atoms with van der Waals surface area (Å²) in [6.07, 6.45) is 0. The third kappa shape index (κ3) is 3.33. The minimum absolute atomic E-state index is 0.200. The number of carbonyl (C=O) groups excluding carboxylic acids is 1. The van der Waals surface area contributed by atoms with E-state index in [1.807, 2.05) is 4.90 Å². The number of piperazine rings is 1. The molecule has 0 aromatic heterocycles. The predicted molar refractivity (Wildman–Crippen MR) is 73.6 cm³/mol. The molecular weight excluding hydrogens is 224 g/mol. The molecule has 1 aliphatic heterocycles. The fraction of sp³-hybridized carbons (Fsp3) is 0.533. The van der Waals surface area contributed by atoms with Gasteiger partial charge in [-0.2, -0.15) is 0 Å². The van der Waals surface area contributed by atoms with Gasteiger partial charge in [-0.25, -0.2) is 0 Å². The van der Waals surface area contributed by atoms with Gasteiger partial charge in [-0.05, 0) is 11.5 Å². The van der Waals surface area contributed by atoms with Crippen LogP contribution in [0.15, 0.2) is 30.3 Å². The van der Waals surface area contributed by atoms with Crippen LogP contribution in [0, 0.1) is 0 Å². The average Bonchev–Trinajstić information content (AvgIpc) is 2.40. The van der Waals surface area contributed by atoms with E-state index in [0.29, 0.717) is 5.92 Å². The zero-order valence-corrected chi connectivity index (χ0v) is 11.3. The first-order chi connectivity index (χ1) is 8.66. The van der Waals surface area contributed by atoms with Crippen molar-refractivity contribution in [2.24, 2.45) is 0 Å². The van der Waals surface area contributed by atoms with Crippen LogP contribution in [-0.2, 0) is 4.79 Å². The minimum atomic E-state index is 0.200. The van der Waals surface area contributed by atoms with E-state index < -0.39 is 0 Å². The van der Waals surface area contributed by atoms with Crippen molar-refractivity contribution in [1.82, 2.24) is 9.80 Å². The lowest BCUT2D eigenvalue weighted by molar-refractivity contribution is -0.130. The maximum Gasteiger partial charge on any atom is 0.219 e. The summed E-state index contributed by atoms with van der Waals surface area (Å²) in [4.78, 5) is 15.6. The van der Waals surface area contributed by atoms with Crippen molar-refractivity contribution in [3.63, 3.8) is 0 Å². The van der Waals surface area contributed by atoms with Crippen LogP contribution in [0.4, 0.5) is 0 Å². The number of nitrogens with zero attached hydrogens (tertiary/aromatic N) is 2. The molecule has 3 heteroatoms. The highest BCUT2D eigenvalue weighted by atomic mass is 16.2. The molecule has 1 aromatic carbocycles. The monoisotopic (exact) mass is 246 g/mol. The van der Waals surface area contributed by atoms with Crippen LogP contribution in [0.3, 0.4) is 0 Å². The van der Waals surface area contributed by atoms with E-state index >= 15 is 0 Å². The summed E-state index contributed by atoms with van der Waals surface area (Å²) in [7, 11) is 0. The molecule has 0 radical (unpaired) electrons.